The summed E-state index contributed by atoms with van der Waals surface area (Å²) in [5, 5.41) is 24.3. The summed E-state index contributed by atoms with van der Waals surface area (Å²) in [7, 11) is 0. The molecule has 1 aliphatic carbocycles. The lowest BCUT2D eigenvalue weighted by molar-refractivity contribution is 0.407. The van der Waals surface area contributed by atoms with Crippen molar-refractivity contribution in [2.75, 3.05) is 0 Å². The molecule has 0 spiro atoms. The molecule has 150 valence electrons. The lowest BCUT2D eigenvalue weighted by Crippen LogP contribution is -2.17. The second-order valence-electron chi connectivity index (χ2n) is 8.05. The van der Waals surface area contributed by atoms with E-state index in [9.17, 15) is 10.2 Å². The molecule has 2 atom stereocenters. The SMILES string of the molecule is C=C(C)C1CCC(C)=CC1c1c(O)cc(CCCCC)c(-c2cscn2)c1O. The molecular formula is C24H31NO2S. The van der Waals surface area contributed by atoms with Gasteiger partial charge in [0.1, 0.15) is 11.5 Å². The van der Waals surface area contributed by atoms with Gasteiger partial charge in [0.05, 0.1) is 11.2 Å². The number of aryl methyl sites for hydroxylation is 1. The number of hydrogen-bond acceptors (Lipinski definition) is 4. The third kappa shape index (κ3) is 4.17. The van der Waals surface area contributed by atoms with E-state index in [-0.39, 0.29) is 23.3 Å². The minimum absolute atomic E-state index is 0.0617. The number of phenols is 2. The maximum Gasteiger partial charge on any atom is 0.132 e. The Labute approximate surface area is 172 Å². The minimum atomic E-state index is -0.0617. The number of thiazole rings is 1. The lowest BCUT2D eigenvalue weighted by atomic mass is 9.73. The number of aromatic nitrogens is 1. The normalized spacial score (nSPS) is 19.5. The van der Waals surface area contributed by atoms with Gasteiger partial charge in [0.15, 0.2) is 0 Å². The van der Waals surface area contributed by atoms with Gasteiger partial charge < -0.3 is 10.2 Å². The van der Waals surface area contributed by atoms with Crippen molar-refractivity contribution in [3.63, 3.8) is 0 Å². The molecule has 3 nitrogen and oxygen atoms in total. The molecule has 28 heavy (non-hydrogen) atoms. The molecule has 3 rings (SSSR count). The van der Waals surface area contributed by atoms with Crippen molar-refractivity contribution < 1.29 is 10.2 Å². The number of unbranched alkanes of at least 4 members (excludes halogenated alkanes) is 2. The predicted octanol–water partition coefficient (Wildman–Crippen LogP) is 6.97. The van der Waals surface area contributed by atoms with E-state index >= 15 is 0 Å². The molecule has 1 aromatic heterocycles. The van der Waals surface area contributed by atoms with Crippen LogP contribution in [0.15, 0.2) is 40.8 Å². The van der Waals surface area contributed by atoms with Gasteiger partial charge in [0.2, 0.25) is 0 Å². The molecule has 2 unspecified atom stereocenters. The van der Waals surface area contributed by atoms with Crippen LogP contribution in [0.25, 0.3) is 11.3 Å². The van der Waals surface area contributed by atoms with Crippen LogP contribution in [0, 0.1) is 5.92 Å². The highest BCUT2D eigenvalue weighted by molar-refractivity contribution is 7.07. The quantitative estimate of drug-likeness (QED) is 0.392. The predicted molar refractivity (Wildman–Crippen MR) is 118 cm³/mol. The van der Waals surface area contributed by atoms with E-state index in [1.807, 2.05) is 18.4 Å². The van der Waals surface area contributed by atoms with Crippen molar-refractivity contribution in [2.24, 2.45) is 5.92 Å². The number of rotatable bonds is 7. The van der Waals surface area contributed by atoms with Gasteiger partial charge in [-0.2, -0.15) is 0 Å². The van der Waals surface area contributed by atoms with E-state index in [1.54, 1.807) is 5.51 Å². The Hall–Kier alpha value is -2.07. The molecule has 0 radical (unpaired) electrons. The molecule has 1 aliphatic rings. The fraction of sp³-hybridized carbons (Fsp3) is 0.458. The number of phenolic OH excluding ortho intramolecular Hbond substituents is 2. The Balaban J connectivity index is 2.15. The molecule has 1 aromatic carbocycles. The fourth-order valence-electron chi connectivity index (χ4n) is 4.34. The van der Waals surface area contributed by atoms with Crippen LogP contribution >= 0.6 is 11.3 Å². The molecule has 2 N–H and O–H groups in total. The van der Waals surface area contributed by atoms with Crippen LogP contribution < -0.4 is 0 Å². The van der Waals surface area contributed by atoms with Crippen molar-refractivity contribution in [1.82, 2.24) is 4.98 Å². The number of aromatic hydroxyl groups is 2. The molecule has 0 fully saturated rings. The smallest absolute Gasteiger partial charge is 0.132 e. The van der Waals surface area contributed by atoms with E-state index in [0.717, 1.165) is 60.9 Å². The summed E-state index contributed by atoms with van der Waals surface area (Å²) in [6.07, 6.45) is 8.33. The van der Waals surface area contributed by atoms with E-state index < -0.39 is 0 Å². The Kier molecular flexibility index (Phi) is 6.61. The van der Waals surface area contributed by atoms with E-state index in [4.69, 9.17) is 0 Å². The minimum Gasteiger partial charge on any atom is -0.507 e. The molecule has 0 aliphatic heterocycles. The fourth-order valence-corrected chi connectivity index (χ4v) is 4.89. The zero-order valence-corrected chi connectivity index (χ0v) is 18.0. The molecule has 4 heteroatoms. The van der Waals surface area contributed by atoms with Crippen LogP contribution in [0.1, 0.15) is 69.9 Å². The highest BCUT2D eigenvalue weighted by atomic mass is 32.1. The van der Waals surface area contributed by atoms with Gasteiger partial charge in [-0.15, -0.1) is 11.3 Å². The Bertz CT molecular complexity index is 867. The summed E-state index contributed by atoms with van der Waals surface area (Å²) < 4.78 is 0. The molecule has 0 bridgehead atoms. The van der Waals surface area contributed by atoms with Gasteiger partial charge >= 0.3 is 0 Å². The monoisotopic (exact) mass is 397 g/mol. The average Bonchev–Trinajstić information content (AvgIpc) is 3.15. The van der Waals surface area contributed by atoms with Gasteiger partial charge in [-0.1, -0.05) is 43.6 Å². The third-order valence-corrected chi connectivity index (χ3v) is 6.44. The third-order valence-electron chi connectivity index (χ3n) is 5.85. The van der Waals surface area contributed by atoms with Crippen LogP contribution in [-0.2, 0) is 6.42 Å². The first-order chi connectivity index (χ1) is 13.4. The summed E-state index contributed by atoms with van der Waals surface area (Å²) in [5.74, 6) is 0.521. The van der Waals surface area contributed by atoms with Crippen LogP contribution in [0.5, 0.6) is 11.5 Å². The van der Waals surface area contributed by atoms with Gasteiger partial charge in [0, 0.05) is 22.4 Å². The Morgan fingerprint density at radius 2 is 2.11 bits per heavy atom. The van der Waals surface area contributed by atoms with Crippen LogP contribution in [0.3, 0.4) is 0 Å². The maximum absolute atomic E-state index is 11.4. The summed E-state index contributed by atoms with van der Waals surface area (Å²) in [5.41, 5.74) is 7.34. The first-order valence-electron chi connectivity index (χ1n) is 10.2. The standard InChI is InChI=1S/C24H31NO2S/c1-5-6-7-8-17-12-21(26)23(24(27)22(17)20-13-28-14-25-20)19-11-16(4)9-10-18(19)15(2)3/h11-14,18-19,26-27H,2,5-10H2,1,3-4H3. The number of hydrogen-bond donors (Lipinski definition) is 2. The molecule has 2 aromatic rings. The Morgan fingerprint density at radius 1 is 1.32 bits per heavy atom. The molecule has 0 amide bonds. The maximum atomic E-state index is 11.4. The van der Waals surface area contributed by atoms with Gasteiger partial charge in [0.25, 0.3) is 0 Å². The number of nitrogens with zero attached hydrogens (tertiary/aromatic N) is 1. The van der Waals surface area contributed by atoms with Crippen LogP contribution in [0.4, 0.5) is 0 Å². The van der Waals surface area contributed by atoms with Crippen molar-refractivity contribution in [3.8, 4) is 22.8 Å². The second kappa shape index (κ2) is 8.95. The van der Waals surface area contributed by atoms with Crippen LogP contribution in [-0.4, -0.2) is 15.2 Å². The number of benzene rings is 1. The summed E-state index contributed by atoms with van der Waals surface area (Å²) in [6, 6.07) is 1.85. The first kappa shape index (κ1) is 20.7. The van der Waals surface area contributed by atoms with E-state index in [2.05, 4.69) is 31.5 Å². The Morgan fingerprint density at radius 3 is 2.75 bits per heavy atom. The second-order valence-corrected chi connectivity index (χ2v) is 8.77. The van der Waals surface area contributed by atoms with Crippen molar-refractivity contribution in [3.05, 3.63) is 51.9 Å². The lowest BCUT2D eigenvalue weighted by Gasteiger charge is -2.32. The summed E-state index contributed by atoms with van der Waals surface area (Å²) in [6.45, 7) is 10.5. The van der Waals surface area contributed by atoms with Crippen molar-refractivity contribution in [2.45, 2.75) is 65.2 Å². The van der Waals surface area contributed by atoms with Gasteiger partial charge in [-0.05, 0) is 57.1 Å². The number of allylic oxidation sites excluding steroid dienone is 3. The van der Waals surface area contributed by atoms with Crippen molar-refractivity contribution in [1.29, 1.82) is 0 Å². The average molecular weight is 398 g/mol. The van der Waals surface area contributed by atoms with E-state index in [0.29, 0.717) is 5.56 Å². The van der Waals surface area contributed by atoms with Gasteiger partial charge in [-0.25, -0.2) is 4.98 Å². The zero-order valence-electron chi connectivity index (χ0n) is 17.2. The largest absolute Gasteiger partial charge is 0.507 e. The molecule has 0 saturated heterocycles. The summed E-state index contributed by atoms with van der Waals surface area (Å²) >= 11 is 1.52. The first-order valence-corrected chi connectivity index (χ1v) is 11.2. The highest BCUT2D eigenvalue weighted by Gasteiger charge is 2.32. The van der Waals surface area contributed by atoms with Crippen molar-refractivity contribution >= 4 is 11.3 Å². The molecular weight excluding hydrogens is 366 g/mol. The zero-order chi connectivity index (χ0) is 20.3. The van der Waals surface area contributed by atoms with Gasteiger partial charge in [-0.3, -0.25) is 0 Å². The van der Waals surface area contributed by atoms with E-state index in [1.165, 1.54) is 16.9 Å². The summed E-state index contributed by atoms with van der Waals surface area (Å²) in [4.78, 5) is 4.47. The topological polar surface area (TPSA) is 53.4 Å². The van der Waals surface area contributed by atoms with Crippen LogP contribution in [0.2, 0.25) is 0 Å². The molecule has 0 saturated carbocycles. The highest BCUT2D eigenvalue weighted by Crippen LogP contribution is 2.50. The molecule has 1 heterocycles.